The summed E-state index contributed by atoms with van der Waals surface area (Å²) in [4.78, 5) is 10.2. The van der Waals surface area contributed by atoms with Crippen molar-refractivity contribution in [3.63, 3.8) is 0 Å². The van der Waals surface area contributed by atoms with E-state index in [1.54, 1.807) is 0 Å². The van der Waals surface area contributed by atoms with E-state index >= 15 is 0 Å². The monoisotopic (exact) mass is 215 g/mol. The second-order valence-corrected chi connectivity index (χ2v) is 4.02. The van der Waals surface area contributed by atoms with Crippen molar-refractivity contribution in [2.75, 3.05) is 0 Å². The van der Waals surface area contributed by atoms with Gasteiger partial charge in [0.15, 0.2) is 5.03 Å². The molecule has 5 nitrogen and oxygen atoms in total. The molecule has 14 heavy (non-hydrogen) atoms. The van der Waals surface area contributed by atoms with E-state index < -0.39 is 15.2 Å². The lowest BCUT2D eigenvalue weighted by Crippen LogP contribution is -2.00. The molecule has 2 rings (SSSR count). The van der Waals surface area contributed by atoms with E-state index in [4.69, 9.17) is 0 Å². The van der Waals surface area contributed by atoms with Gasteiger partial charge in [0.25, 0.3) is 0 Å². The molecule has 0 saturated carbocycles. The molecule has 2 aromatic heterocycles. The van der Waals surface area contributed by atoms with E-state index in [-0.39, 0.29) is 11.2 Å². The van der Waals surface area contributed by atoms with Gasteiger partial charge in [-0.2, -0.15) is 8.42 Å². The number of nitrogens with zero attached hydrogens (tertiary/aromatic N) is 2. The average Bonchev–Trinajstić information content (AvgIpc) is 2.47. The molecule has 0 saturated heterocycles. The van der Waals surface area contributed by atoms with Gasteiger partial charge >= 0.3 is 10.2 Å². The molecule has 0 radical (unpaired) electrons. The van der Waals surface area contributed by atoms with Crippen LogP contribution in [0.4, 0.5) is 3.89 Å². The highest BCUT2D eigenvalue weighted by Gasteiger charge is 2.19. The second kappa shape index (κ2) is 2.74. The molecule has 0 atom stereocenters. The van der Waals surface area contributed by atoms with Crippen LogP contribution in [0.3, 0.4) is 0 Å². The maximum absolute atomic E-state index is 12.8. The molecule has 0 fully saturated rings. The zero-order chi connectivity index (χ0) is 10.3. The fourth-order valence-corrected chi connectivity index (χ4v) is 1.87. The van der Waals surface area contributed by atoms with Gasteiger partial charge in [0.1, 0.15) is 11.5 Å². The Morgan fingerprint density at radius 2 is 2.14 bits per heavy atom. The Morgan fingerprint density at radius 1 is 1.43 bits per heavy atom. The SMILES string of the molecule is Cc1nc(S(=O)(=O)F)c2cc[nH]c2n1. The third kappa shape index (κ3) is 1.35. The van der Waals surface area contributed by atoms with Crippen LogP contribution in [0.15, 0.2) is 17.3 Å². The van der Waals surface area contributed by atoms with Crippen molar-refractivity contribution < 1.29 is 12.3 Å². The molecular weight excluding hydrogens is 209 g/mol. The van der Waals surface area contributed by atoms with Crippen molar-refractivity contribution in [1.82, 2.24) is 15.0 Å². The second-order valence-electron chi connectivity index (χ2n) is 2.75. The summed E-state index contributed by atoms with van der Waals surface area (Å²) in [6.45, 7) is 1.50. The molecule has 0 aromatic carbocycles. The Hall–Kier alpha value is -1.50. The highest BCUT2D eigenvalue weighted by atomic mass is 32.3. The third-order valence-corrected chi connectivity index (χ3v) is 2.50. The van der Waals surface area contributed by atoms with Gasteiger partial charge in [-0.05, 0) is 13.0 Å². The number of nitrogens with one attached hydrogen (secondary N) is 1. The molecule has 7 heteroatoms. The van der Waals surface area contributed by atoms with Crippen LogP contribution >= 0.6 is 0 Å². The normalized spacial score (nSPS) is 12.1. The van der Waals surface area contributed by atoms with E-state index in [0.717, 1.165) is 0 Å². The fourth-order valence-electron chi connectivity index (χ4n) is 1.21. The minimum absolute atomic E-state index is 0.165. The first kappa shape index (κ1) is 9.07. The zero-order valence-electron chi connectivity index (χ0n) is 7.15. The number of hydrogen-bond donors (Lipinski definition) is 1. The van der Waals surface area contributed by atoms with Gasteiger partial charge in [0.05, 0.1) is 5.39 Å². The van der Waals surface area contributed by atoms with Crippen LogP contribution in [0.25, 0.3) is 11.0 Å². The van der Waals surface area contributed by atoms with Gasteiger partial charge in [-0.15, -0.1) is 0 Å². The predicted molar refractivity (Wildman–Crippen MR) is 46.9 cm³/mol. The Kier molecular flexibility index (Phi) is 1.78. The van der Waals surface area contributed by atoms with E-state index in [1.165, 1.54) is 19.2 Å². The van der Waals surface area contributed by atoms with Crippen LogP contribution in [0.1, 0.15) is 5.82 Å². The summed E-state index contributed by atoms with van der Waals surface area (Å²) in [5, 5.41) is -0.417. The van der Waals surface area contributed by atoms with Crippen molar-refractivity contribution in [3.8, 4) is 0 Å². The number of aryl methyl sites for hydroxylation is 1. The van der Waals surface area contributed by atoms with Crippen molar-refractivity contribution in [3.05, 3.63) is 18.1 Å². The number of H-pyrrole nitrogens is 1. The number of aromatic amines is 1. The van der Waals surface area contributed by atoms with Gasteiger partial charge in [-0.1, -0.05) is 3.89 Å². The Labute approximate surface area is 79.2 Å². The maximum atomic E-state index is 12.8. The summed E-state index contributed by atoms with van der Waals surface area (Å²) >= 11 is 0. The minimum Gasteiger partial charge on any atom is -0.346 e. The van der Waals surface area contributed by atoms with Gasteiger partial charge < -0.3 is 4.98 Å². The molecule has 2 aromatic rings. The standard InChI is InChI=1S/C7H6FN3O2S/c1-4-10-6-5(2-3-9-6)7(11-4)14(8,12)13/h2-3H,1H3,(H,9,10,11). The first-order valence-corrected chi connectivity index (χ1v) is 5.13. The minimum atomic E-state index is -4.79. The molecule has 74 valence electrons. The van der Waals surface area contributed by atoms with Gasteiger partial charge in [0, 0.05) is 6.20 Å². The van der Waals surface area contributed by atoms with Crippen LogP contribution in [0.2, 0.25) is 0 Å². The number of rotatable bonds is 1. The van der Waals surface area contributed by atoms with Gasteiger partial charge in [-0.3, -0.25) is 0 Å². The molecule has 0 unspecified atom stereocenters. The molecule has 0 bridgehead atoms. The van der Waals surface area contributed by atoms with Crippen molar-refractivity contribution >= 4 is 21.3 Å². The lowest BCUT2D eigenvalue weighted by Gasteiger charge is -1.97. The Morgan fingerprint density at radius 3 is 2.79 bits per heavy atom. The highest BCUT2D eigenvalue weighted by Crippen LogP contribution is 2.20. The zero-order valence-corrected chi connectivity index (χ0v) is 7.97. The maximum Gasteiger partial charge on any atom is 0.350 e. The first-order chi connectivity index (χ1) is 6.48. The largest absolute Gasteiger partial charge is 0.350 e. The van der Waals surface area contributed by atoms with Crippen molar-refractivity contribution in [2.24, 2.45) is 0 Å². The van der Waals surface area contributed by atoms with Crippen LogP contribution in [0, 0.1) is 6.92 Å². The highest BCUT2D eigenvalue weighted by molar-refractivity contribution is 7.86. The lowest BCUT2D eigenvalue weighted by atomic mass is 10.4. The fraction of sp³-hybridized carbons (Fsp3) is 0.143. The lowest BCUT2D eigenvalue weighted by molar-refractivity contribution is 0.548. The molecule has 0 aliphatic heterocycles. The average molecular weight is 215 g/mol. The van der Waals surface area contributed by atoms with E-state index in [9.17, 15) is 12.3 Å². The van der Waals surface area contributed by atoms with E-state index in [2.05, 4.69) is 15.0 Å². The summed E-state index contributed by atoms with van der Waals surface area (Å²) in [6.07, 6.45) is 1.48. The summed E-state index contributed by atoms with van der Waals surface area (Å²) in [6, 6.07) is 1.42. The molecule has 1 N–H and O–H groups in total. The van der Waals surface area contributed by atoms with Crippen LogP contribution in [-0.4, -0.2) is 23.4 Å². The van der Waals surface area contributed by atoms with E-state index in [0.29, 0.717) is 5.65 Å². The first-order valence-electron chi connectivity index (χ1n) is 3.75. The topological polar surface area (TPSA) is 75.7 Å². The number of halogens is 1. The third-order valence-electron chi connectivity index (χ3n) is 1.72. The number of hydrogen-bond acceptors (Lipinski definition) is 4. The van der Waals surface area contributed by atoms with Crippen LogP contribution in [-0.2, 0) is 10.2 Å². The van der Waals surface area contributed by atoms with Crippen molar-refractivity contribution in [2.45, 2.75) is 11.9 Å². The number of aromatic nitrogens is 3. The predicted octanol–water partition coefficient (Wildman–Crippen LogP) is 0.925. The molecule has 0 spiro atoms. The smallest absolute Gasteiger partial charge is 0.346 e. The molecule has 0 aliphatic carbocycles. The van der Waals surface area contributed by atoms with E-state index in [1.807, 2.05) is 0 Å². The number of fused-ring (bicyclic) bond motifs is 1. The van der Waals surface area contributed by atoms with Crippen molar-refractivity contribution in [1.29, 1.82) is 0 Å². The summed E-state index contributed by atoms with van der Waals surface area (Å²) < 4.78 is 34.2. The molecule has 2 heterocycles. The Bertz CT molecular complexity index is 590. The van der Waals surface area contributed by atoms with Crippen LogP contribution in [0.5, 0.6) is 0 Å². The summed E-state index contributed by atoms with van der Waals surface area (Å²) in [5.74, 6) is 0.205. The molecular formula is C7H6FN3O2S. The Balaban J connectivity index is 2.94. The molecule has 0 aliphatic rings. The van der Waals surface area contributed by atoms with Crippen LogP contribution < -0.4 is 0 Å². The molecule has 0 amide bonds. The van der Waals surface area contributed by atoms with Gasteiger partial charge in [0.2, 0.25) is 0 Å². The quantitative estimate of drug-likeness (QED) is 0.567. The van der Waals surface area contributed by atoms with Gasteiger partial charge in [-0.25, -0.2) is 9.97 Å². The summed E-state index contributed by atoms with van der Waals surface area (Å²) in [7, 11) is -4.79. The summed E-state index contributed by atoms with van der Waals surface area (Å²) in [5.41, 5.74) is 0.314.